The van der Waals surface area contributed by atoms with Gasteiger partial charge in [0, 0.05) is 30.1 Å². The minimum absolute atomic E-state index is 0.212. The molecule has 0 saturated carbocycles. The Morgan fingerprint density at radius 1 is 1.42 bits per heavy atom. The van der Waals surface area contributed by atoms with Crippen LogP contribution in [0, 0.1) is 6.92 Å². The third-order valence-electron chi connectivity index (χ3n) is 3.17. The molecular weight excluding hydrogens is 240 g/mol. The number of hydrogen-bond donors (Lipinski definition) is 2. The average molecular weight is 260 g/mol. The second-order valence-corrected chi connectivity index (χ2v) is 4.54. The molecule has 0 amide bonds. The molecule has 0 aliphatic heterocycles. The van der Waals surface area contributed by atoms with Crippen LogP contribution in [0.5, 0.6) is 0 Å². The lowest BCUT2D eigenvalue weighted by atomic mass is 10.1. The molecule has 5 heteroatoms. The lowest BCUT2D eigenvalue weighted by Gasteiger charge is -2.13. The molecule has 5 nitrogen and oxygen atoms in total. The SMILES string of the molecule is Cc1c(C(C)NCCCO)cnn1-c1ccccn1. The van der Waals surface area contributed by atoms with E-state index in [2.05, 4.69) is 22.3 Å². The standard InChI is InChI=1S/C14H20N4O/c1-11(15-8-5-9-19)13-10-17-18(12(13)2)14-6-3-4-7-16-14/h3-4,6-7,10-11,15,19H,5,8-9H2,1-2H3. The van der Waals surface area contributed by atoms with Gasteiger partial charge in [0.05, 0.1) is 6.20 Å². The van der Waals surface area contributed by atoms with Crippen LogP contribution in [0.2, 0.25) is 0 Å². The first-order valence-corrected chi connectivity index (χ1v) is 6.54. The maximum atomic E-state index is 8.79. The summed E-state index contributed by atoms with van der Waals surface area (Å²) in [7, 11) is 0. The first-order valence-electron chi connectivity index (χ1n) is 6.54. The molecule has 0 aliphatic carbocycles. The van der Waals surface area contributed by atoms with Crippen molar-refractivity contribution in [3.63, 3.8) is 0 Å². The van der Waals surface area contributed by atoms with E-state index in [0.29, 0.717) is 0 Å². The molecule has 19 heavy (non-hydrogen) atoms. The van der Waals surface area contributed by atoms with Crippen molar-refractivity contribution in [3.8, 4) is 5.82 Å². The fourth-order valence-corrected chi connectivity index (χ4v) is 2.06. The van der Waals surface area contributed by atoms with Crippen LogP contribution in [-0.4, -0.2) is 33.0 Å². The van der Waals surface area contributed by atoms with Crippen molar-refractivity contribution in [1.29, 1.82) is 0 Å². The maximum Gasteiger partial charge on any atom is 0.153 e. The Balaban J connectivity index is 2.14. The monoisotopic (exact) mass is 260 g/mol. The van der Waals surface area contributed by atoms with Crippen LogP contribution in [0.1, 0.15) is 30.6 Å². The third kappa shape index (κ3) is 3.19. The summed E-state index contributed by atoms with van der Waals surface area (Å²) in [5.41, 5.74) is 2.24. The zero-order valence-electron chi connectivity index (χ0n) is 11.4. The second-order valence-electron chi connectivity index (χ2n) is 4.54. The largest absolute Gasteiger partial charge is 0.396 e. The first-order chi connectivity index (χ1) is 9.24. The highest BCUT2D eigenvalue weighted by atomic mass is 16.3. The minimum Gasteiger partial charge on any atom is -0.396 e. The average Bonchev–Trinajstić information content (AvgIpc) is 2.82. The zero-order chi connectivity index (χ0) is 13.7. The van der Waals surface area contributed by atoms with Gasteiger partial charge in [0.25, 0.3) is 0 Å². The smallest absolute Gasteiger partial charge is 0.153 e. The molecule has 0 aromatic carbocycles. The van der Waals surface area contributed by atoms with Gasteiger partial charge in [0.2, 0.25) is 0 Å². The molecular formula is C14H20N4O. The number of nitrogens with one attached hydrogen (secondary N) is 1. The summed E-state index contributed by atoms with van der Waals surface area (Å²) >= 11 is 0. The summed E-state index contributed by atoms with van der Waals surface area (Å²) in [6, 6.07) is 5.99. The van der Waals surface area contributed by atoms with E-state index in [1.807, 2.05) is 36.0 Å². The van der Waals surface area contributed by atoms with Crippen molar-refractivity contribution < 1.29 is 5.11 Å². The van der Waals surface area contributed by atoms with Gasteiger partial charge >= 0.3 is 0 Å². The van der Waals surface area contributed by atoms with Crippen molar-refractivity contribution >= 4 is 0 Å². The van der Waals surface area contributed by atoms with Gasteiger partial charge in [-0.1, -0.05) is 6.07 Å². The van der Waals surface area contributed by atoms with Crippen LogP contribution >= 0.6 is 0 Å². The fourth-order valence-electron chi connectivity index (χ4n) is 2.06. The molecule has 2 aromatic rings. The summed E-state index contributed by atoms with van der Waals surface area (Å²) < 4.78 is 1.85. The van der Waals surface area contributed by atoms with Gasteiger partial charge in [0.15, 0.2) is 5.82 Å². The number of nitrogens with zero attached hydrogens (tertiary/aromatic N) is 3. The molecule has 102 valence electrons. The van der Waals surface area contributed by atoms with Gasteiger partial charge in [-0.3, -0.25) is 0 Å². The van der Waals surface area contributed by atoms with Crippen LogP contribution in [0.3, 0.4) is 0 Å². The van der Waals surface area contributed by atoms with Crippen LogP contribution in [0.25, 0.3) is 5.82 Å². The van der Waals surface area contributed by atoms with E-state index in [4.69, 9.17) is 5.11 Å². The molecule has 0 radical (unpaired) electrons. The van der Waals surface area contributed by atoms with Gasteiger partial charge < -0.3 is 10.4 Å². The second kappa shape index (κ2) is 6.45. The number of aliphatic hydroxyl groups excluding tert-OH is 1. The van der Waals surface area contributed by atoms with Gasteiger partial charge in [-0.2, -0.15) is 5.10 Å². The molecule has 0 aliphatic rings. The summed E-state index contributed by atoms with van der Waals surface area (Å²) in [5.74, 6) is 0.828. The Morgan fingerprint density at radius 2 is 2.26 bits per heavy atom. The minimum atomic E-state index is 0.212. The molecule has 2 N–H and O–H groups in total. The summed E-state index contributed by atoms with van der Waals surface area (Å²) in [4.78, 5) is 4.30. The van der Waals surface area contributed by atoms with E-state index in [-0.39, 0.29) is 12.6 Å². The molecule has 2 aromatic heterocycles. The van der Waals surface area contributed by atoms with E-state index in [9.17, 15) is 0 Å². The molecule has 1 atom stereocenters. The highest BCUT2D eigenvalue weighted by molar-refractivity contribution is 5.29. The molecule has 0 bridgehead atoms. The van der Waals surface area contributed by atoms with Crippen LogP contribution < -0.4 is 5.32 Å². The predicted molar refractivity (Wildman–Crippen MR) is 74.2 cm³/mol. The number of aliphatic hydroxyl groups is 1. The van der Waals surface area contributed by atoms with E-state index in [1.165, 1.54) is 0 Å². The van der Waals surface area contributed by atoms with Gasteiger partial charge in [-0.05, 0) is 38.9 Å². The van der Waals surface area contributed by atoms with Crippen LogP contribution in [0.4, 0.5) is 0 Å². The van der Waals surface area contributed by atoms with Crippen molar-refractivity contribution in [2.45, 2.75) is 26.3 Å². The Labute approximate surface area is 113 Å². The van der Waals surface area contributed by atoms with Crippen molar-refractivity contribution in [1.82, 2.24) is 20.1 Å². The molecule has 2 heterocycles. The quantitative estimate of drug-likeness (QED) is 0.775. The fraction of sp³-hybridized carbons (Fsp3) is 0.429. The molecule has 1 unspecified atom stereocenters. The lowest BCUT2D eigenvalue weighted by Crippen LogP contribution is -2.21. The van der Waals surface area contributed by atoms with Crippen molar-refractivity contribution in [2.75, 3.05) is 13.2 Å². The summed E-state index contributed by atoms with van der Waals surface area (Å²) in [6.07, 6.45) is 4.40. The lowest BCUT2D eigenvalue weighted by molar-refractivity contribution is 0.284. The van der Waals surface area contributed by atoms with Crippen LogP contribution in [-0.2, 0) is 0 Å². The molecule has 0 fully saturated rings. The number of rotatable bonds is 6. The van der Waals surface area contributed by atoms with E-state index in [1.54, 1.807) is 6.20 Å². The van der Waals surface area contributed by atoms with E-state index in [0.717, 1.165) is 30.0 Å². The third-order valence-corrected chi connectivity index (χ3v) is 3.17. The molecule has 0 spiro atoms. The summed E-state index contributed by atoms with van der Waals surface area (Å²) in [6.45, 7) is 5.16. The topological polar surface area (TPSA) is 63.0 Å². The Morgan fingerprint density at radius 3 is 2.95 bits per heavy atom. The van der Waals surface area contributed by atoms with E-state index >= 15 is 0 Å². The van der Waals surface area contributed by atoms with Crippen molar-refractivity contribution in [3.05, 3.63) is 41.9 Å². The number of hydrogen-bond acceptors (Lipinski definition) is 4. The van der Waals surface area contributed by atoms with Crippen molar-refractivity contribution in [2.24, 2.45) is 0 Å². The molecule has 0 saturated heterocycles. The Kier molecular flexibility index (Phi) is 4.65. The van der Waals surface area contributed by atoms with E-state index < -0.39 is 0 Å². The first kappa shape index (κ1) is 13.7. The van der Waals surface area contributed by atoms with Crippen LogP contribution in [0.15, 0.2) is 30.6 Å². The predicted octanol–water partition coefficient (Wildman–Crippen LogP) is 1.61. The highest BCUT2D eigenvalue weighted by Crippen LogP contribution is 2.18. The zero-order valence-corrected chi connectivity index (χ0v) is 11.4. The van der Waals surface area contributed by atoms with Gasteiger partial charge in [-0.15, -0.1) is 0 Å². The Hall–Kier alpha value is -1.72. The highest BCUT2D eigenvalue weighted by Gasteiger charge is 2.13. The van der Waals surface area contributed by atoms with Gasteiger partial charge in [0.1, 0.15) is 0 Å². The summed E-state index contributed by atoms with van der Waals surface area (Å²) in [5, 5.41) is 16.6. The maximum absolute atomic E-state index is 8.79. The Bertz CT molecular complexity index is 509. The number of aromatic nitrogens is 3. The number of pyridine rings is 1. The molecule has 2 rings (SSSR count). The van der Waals surface area contributed by atoms with Gasteiger partial charge in [-0.25, -0.2) is 9.67 Å². The normalized spacial score (nSPS) is 12.6.